The van der Waals surface area contributed by atoms with Gasteiger partial charge in [-0.05, 0) is 25.3 Å². The van der Waals surface area contributed by atoms with Gasteiger partial charge in [-0.25, -0.2) is 17.2 Å². The Hall–Kier alpha value is -2.56. The summed E-state index contributed by atoms with van der Waals surface area (Å²) in [5.41, 5.74) is 0.00450. The molecule has 0 unspecified atom stereocenters. The molecule has 1 aliphatic rings. The fourth-order valence-corrected chi connectivity index (χ4v) is 3.92. The minimum absolute atomic E-state index is 0.00450. The van der Waals surface area contributed by atoms with Gasteiger partial charge in [-0.1, -0.05) is 26.0 Å². The molecule has 2 N–H and O–H groups in total. The van der Waals surface area contributed by atoms with E-state index in [0.29, 0.717) is 6.42 Å². The molecule has 11 heteroatoms. The molecule has 172 valence electrons. The number of benzene rings is 1. The van der Waals surface area contributed by atoms with Crippen LogP contribution in [0.2, 0.25) is 0 Å². The average Bonchev–Trinajstić information content (AvgIpc) is 3.02. The predicted molar refractivity (Wildman–Crippen MR) is 109 cm³/mol. The number of halogens is 2. The maximum Gasteiger partial charge on any atom is 0.256 e. The standard InChI is InChI=1S/C20H27F2N3O5S/c1-4-31(29,30)24-20(28)19(12(2)3)23-16(26)10-14-8-9-17(27)25(14)11-13-6-5-7-15(21)18(13)22/h5-7,12,14,19H,4,8-11H2,1-3H3,(H,23,26)(H,24,28)/t14-,19-/m0/s1. The van der Waals surface area contributed by atoms with Gasteiger partial charge in [0, 0.05) is 31.0 Å². The van der Waals surface area contributed by atoms with Crippen molar-refractivity contribution in [3.05, 3.63) is 35.4 Å². The van der Waals surface area contributed by atoms with Crippen LogP contribution in [0.25, 0.3) is 0 Å². The van der Waals surface area contributed by atoms with E-state index in [4.69, 9.17) is 0 Å². The van der Waals surface area contributed by atoms with Gasteiger partial charge in [0.15, 0.2) is 11.6 Å². The molecule has 3 amide bonds. The first-order valence-electron chi connectivity index (χ1n) is 10.0. The van der Waals surface area contributed by atoms with Gasteiger partial charge < -0.3 is 10.2 Å². The first kappa shape index (κ1) is 24.7. The molecule has 2 atom stereocenters. The first-order chi connectivity index (χ1) is 14.4. The van der Waals surface area contributed by atoms with E-state index >= 15 is 0 Å². The third kappa shape index (κ3) is 6.46. The van der Waals surface area contributed by atoms with E-state index in [-0.39, 0.29) is 36.6 Å². The van der Waals surface area contributed by atoms with Crippen molar-refractivity contribution >= 4 is 27.7 Å². The van der Waals surface area contributed by atoms with Gasteiger partial charge in [-0.2, -0.15) is 0 Å². The van der Waals surface area contributed by atoms with Crippen LogP contribution in [0.3, 0.4) is 0 Å². The van der Waals surface area contributed by atoms with Crippen molar-refractivity contribution in [1.82, 2.24) is 14.9 Å². The predicted octanol–water partition coefficient (Wildman–Crippen LogP) is 1.45. The number of hydrogen-bond donors (Lipinski definition) is 2. The lowest BCUT2D eigenvalue weighted by Crippen LogP contribution is -2.52. The Kier molecular flexibility index (Phi) is 8.10. The minimum atomic E-state index is -3.78. The normalized spacial score (nSPS) is 17.7. The third-order valence-corrected chi connectivity index (χ3v) is 6.42. The van der Waals surface area contributed by atoms with Crippen LogP contribution in [0.5, 0.6) is 0 Å². The Labute approximate surface area is 180 Å². The van der Waals surface area contributed by atoms with Crippen LogP contribution in [0.4, 0.5) is 8.78 Å². The van der Waals surface area contributed by atoms with E-state index in [9.17, 15) is 31.6 Å². The second kappa shape index (κ2) is 10.2. The van der Waals surface area contributed by atoms with E-state index < -0.39 is 51.5 Å². The molecule has 0 bridgehead atoms. The zero-order valence-electron chi connectivity index (χ0n) is 17.7. The molecular formula is C20H27F2N3O5S. The Morgan fingerprint density at radius 3 is 2.55 bits per heavy atom. The maximum atomic E-state index is 14.0. The summed E-state index contributed by atoms with van der Waals surface area (Å²) < 4.78 is 52.7. The number of nitrogens with one attached hydrogen (secondary N) is 2. The highest BCUT2D eigenvalue weighted by Gasteiger charge is 2.34. The van der Waals surface area contributed by atoms with Gasteiger partial charge >= 0.3 is 0 Å². The number of carbonyl (C=O) groups excluding carboxylic acids is 3. The SMILES string of the molecule is CCS(=O)(=O)NC(=O)[C@@H](NC(=O)C[C@@H]1CCC(=O)N1Cc1cccc(F)c1F)C(C)C. The minimum Gasteiger partial charge on any atom is -0.344 e. The third-order valence-electron chi connectivity index (χ3n) is 5.15. The molecule has 8 nitrogen and oxygen atoms in total. The van der Waals surface area contributed by atoms with E-state index in [1.165, 1.54) is 24.0 Å². The quantitative estimate of drug-likeness (QED) is 0.581. The van der Waals surface area contributed by atoms with Crippen molar-refractivity contribution in [1.29, 1.82) is 0 Å². The summed E-state index contributed by atoms with van der Waals surface area (Å²) in [6.45, 7) is 4.51. The molecular weight excluding hydrogens is 432 g/mol. The van der Waals surface area contributed by atoms with Crippen LogP contribution in [0, 0.1) is 17.6 Å². The highest BCUT2D eigenvalue weighted by atomic mass is 32.2. The number of hydrogen-bond acceptors (Lipinski definition) is 5. The van der Waals surface area contributed by atoms with E-state index in [2.05, 4.69) is 5.32 Å². The number of carbonyl (C=O) groups is 3. The number of rotatable bonds is 9. The van der Waals surface area contributed by atoms with E-state index in [1.807, 2.05) is 4.72 Å². The molecule has 2 rings (SSSR count). The lowest BCUT2D eigenvalue weighted by atomic mass is 10.0. The fourth-order valence-electron chi connectivity index (χ4n) is 3.35. The Balaban J connectivity index is 2.07. The summed E-state index contributed by atoms with van der Waals surface area (Å²) >= 11 is 0. The molecule has 1 heterocycles. The van der Waals surface area contributed by atoms with Crippen LogP contribution >= 0.6 is 0 Å². The maximum absolute atomic E-state index is 14.0. The lowest BCUT2D eigenvalue weighted by molar-refractivity contribution is -0.132. The molecule has 1 aromatic carbocycles. The van der Waals surface area contributed by atoms with Crippen molar-refractivity contribution in [2.45, 2.75) is 58.7 Å². The lowest BCUT2D eigenvalue weighted by Gasteiger charge is -2.26. The van der Waals surface area contributed by atoms with Gasteiger partial charge in [-0.3, -0.25) is 19.1 Å². The summed E-state index contributed by atoms with van der Waals surface area (Å²) in [7, 11) is -3.78. The molecule has 1 aromatic rings. The fraction of sp³-hybridized carbons (Fsp3) is 0.550. The Morgan fingerprint density at radius 2 is 1.94 bits per heavy atom. The molecule has 0 aliphatic carbocycles. The Morgan fingerprint density at radius 1 is 1.26 bits per heavy atom. The first-order valence-corrected chi connectivity index (χ1v) is 11.7. The van der Waals surface area contributed by atoms with Crippen LogP contribution in [0.1, 0.15) is 45.6 Å². The number of likely N-dealkylation sites (tertiary alicyclic amines) is 1. The molecule has 0 saturated carbocycles. The summed E-state index contributed by atoms with van der Waals surface area (Å²) in [5.74, 6) is -4.41. The van der Waals surface area contributed by atoms with Crippen molar-refractivity contribution < 1.29 is 31.6 Å². The smallest absolute Gasteiger partial charge is 0.256 e. The van der Waals surface area contributed by atoms with Crippen molar-refractivity contribution in [2.75, 3.05) is 5.75 Å². The van der Waals surface area contributed by atoms with Crippen LogP contribution in [-0.4, -0.2) is 48.9 Å². The topological polar surface area (TPSA) is 113 Å². The monoisotopic (exact) mass is 459 g/mol. The van der Waals surface area contributed by atoms with Crippen LogP contribution < -0.4 is 10.0 Å². The molecule has 1 saturated heterocycles. The number of nitrogens with zero attached hydrogens (tertiary/aromatic N) is 1. The Bertz CT molecular complexity index is 952. The summed E-state index contributed by atoms with van der Waals surface area (Å²) in [6.07, 6.45) is 0.364. The highest BCUT2D eigenvalue weighted by molar-refractivity contribution is 7.90. The molecule has 0 spiro atoms. The van der Waals surface area contributed by atoms with Gasteiger partial charge in [-0.15, -0.1) is 0 Å². The summed E-state index contributed by atoms with van der Waals surface area (Å²) in [4.78, 5) is 38.4. The summed E-state index contributed by atoms with van der Waals surface area (Å²) in [6, 6.07) is 2.05. The van der Waals surface area contributed by atoms with Crippen molar-refractivity contribution in [2.24, 2.45) is 5.92 Å². The van der Waals surface area contributed by atoms with Crippen molar-refractivity contribution in [3.8, 4) is 0 Å². The molecule has 1 aliphatic heterocycles. The van der Waals surface area contributed by atoms with Gasteiger partial charge in [0.25, 0.3) is 5.91 Å². The average molecular weight is 460 g/mol. The molecule has 31 heavy (non-hydrogen) atoms. The molecule has 0 aromatic heterocycles. The second-order valence-corrected chi connectivity index (χ2v) is 9.80. The highest BCUT2D eigenvalue weighted by Crippen LogP contribution is 2.25. The summed E-state index contributed by atoms with van der Waals surface area (Å²) in [5, 5.41) is 2.52. The van der Waals surface area contributed by atoms with Crippen molar-refractivity contribution in [3.63, 3.8) is 0 Å². The molecule has 0 radical (unpaired) electrons. The van der Waals surface area contributed by atoms with E-state index in [0.717, 1.165) is 6.07 Å². The molecule has 1 fully saturated rings. The largest absolute Gasteiger partial charge is 0.344 e. The zero-order chi connectivity index (χ0) is 23.3. The van der Waals surface area contributed by atoms with Crippen LogP contribution in [-0.2, 0) is 31.0 Å². The second-order valence-electron chi connectivity index (χ2n) is 7.79. The van der Waals surface area contributed by atoms with Gasteiger partial charge in [0.05, 0.1) is 5.75 Å². The van der Waals surface area contributed by atoms with Crippen LogP contribution in [0.15, 0.2) is 18.2 Å². The van der Waals surface area contributed by atoms with Gasteiger partial charge in [0.1, 0.15) is 6.04 Å². The van der Waals surface area contributed by atoms with Gasteiger partial charge in [0.2, 0.25) is 21.8 Å². The van der Waals surface area contributed by atoms with E-state index in [1.54, 1.807) is 13.8 Å². The number of sulfonamides is 1. The number of amides is 3. The zero-order valence-corrected chi connectivity index (χ0v) is 18.5.